The number of aryl methyl sites for hydroxylation is 1. The second-order valence-electron chi connectivity index (χ2n) is 7.30. The fraction of sp³-hybridized carbons (Fsp3) is 0.208. The molecule has 0 aliphatic carbocycles. The van der Waals surface area contributed by atoms with E-state index in [1.165, 1.54) is 0 Å². The van der Waals surface area contributed by atoms with Gasteiger partial charge >= 0.3 is 0 Å². The van der Waals surface area contributed by atoms with Crippen LogP contribution in [0.5, 0.6) is 5.75 Å². The normalized spacial score (nSPS) is 16.0. The molecule has 1 atom stereocenters. The van der Waals surface area contributed by atoms with Gasteiger partial charge in [0.25, 0.3) is 5.91 Å². The van der Waals surface area contributed by atoms with Gasteiger partial charge in [-0.25, -0.2) is 0 Å². The number of allylic oxidation sites excluding steroid dienone is 1. The summed E-state index contributed by atoms with van der Waals surface area (Å²) in [4.78, 5) is 15.4. The van der Waals surface area contributed by atoms with E-state index in [0.29, 0.717) is 40.3 Å². The van der Waals surface area contributed by atoms with E-state index in [4.69, 9.17) is 21.5 Å². The largest absolute Gasteiger partial charge is 0.494 e. The minimum atomic E-state index is -0.502. The number of amides is 1. The van der Waals surface area contributed by atoms with Gasteiger partial charge < -0.3 is 19.9 Å². The van der Waals surface area contributed by atoms with Gasteiger partial charge in [0, 0.05) is 23.0 Å². The molecule has 2 heterocycles. The standard InChI is InChI=1S/C24H24N4O3S/c1-4-30-19-13-9-8-12-18(19)22-21(23(29)25-20-14-15(2)31-27-20)16(3)28(24(32)26-22)17-10-6-5-7-11-17/h5-14,22H,4H2,1-3H3,(H,26,32)(H,25,27,29)/t22-/m1/s1. The average molecular weight is 449 g/mol. The summed E-state index contributed by atoms with van der Waals surface area (Å²) in [5.41, 5.74) is 2.91. The molecule has 1 aliphatic rings. The van der Waals surface area contributed by atoms with Crippen molar-refractivity contribution in [3.05, 3.63) is 83.3 Å². The maximum absolute atomic E-state index is 13.5. The van der Waals surface area contributed by atoms with Crippen molar-refractivity contribution in [1.82, 2.24) is 10.5 Å². The Morgan fingerprint density at radius 1 is 1.19 bits per heavy atom. The maximum atomic E-state index is 13.5. The Balaban J connectivity index is 1.83. The Morgan fingerprint density at radius 3 is 2.59 bits per heavy atom. The first-order chi connectivity index (χ1) is 15.5. The lowest BCUT2D eigenvalue weighted by atomic mass is 9.93. The van der Waals surface area contributed by atoms with E-state index < -0.39 is 6.04 Å². The van der Waals surface area contributed by atoms with E-state index in [1.807, 2.05) is 73.3 Å². The molecule has 0 fully saturated rings. The molecule has 2 N–H and O–H groups in total. The van der Waals surface area contributed by atoms with Crippen LogP contribution in [0.3, 0.4) is 0 Å². The molecule has 1 amide bonds. The SMILES string of the molecule is CCOc1ccccc1[C@H]1NC(=S)N(c2ccccc2)C(C)=C1C(=O)Nc1cc(C)on1. The summed E-state index contributed by atoms with van der Waals surface area (Å²) in [7, 11) is 0. The van der Waals surface area contributed by atoms with Crippen LogP contribution in [0, 0.1) is 6.92 Å². The number of benzene rings is 2. The summed E-state index contributed by atoms with van der Waals surface area (Å²) in [6, 6.07) is 18.5. The van der Waals surface area contributed by atoms with Crippen molar-refractivity contribution in [2.45, 2.75) is 26.8 Å². The summed E-state index contributed by atoms with van der Waals surface area (Å²) in [5.74, 6) is 1.35. The summed E-state index contributed by atoms with van der Waals surface area (Å²) in [6.07, 6.45) is 0. The Morgan fingerprint density at radius 2 is 1.91 bits per heavy atom. The number of hydrogen-bond donors (Lipinski definition) is 2. The molecular formula is C24H24N4O3S. The highest BCUT2D eigenvalue weighted by atomic mass is 32.1. The number of carbonyl (C=O) groups excluding carboxylic acids is 1. The van der Waals surface area contributed by atoms with Crippen molar-refractivity contribution in [2.24, 2.45) is 0 Å². The van der Waals surface area contributed by atoms with Crippen LogP contribution in [-0.2, 0) is 4.79 Å². The van der Waals surface area contributed by atoms with Gasteiger partial charge in [0.1, 0.15) is 11.5 Å². The van der Waals surface area contributed by atoms with Crippen LogP contribution >= 0.6 is 12.2 Å². The first kappa shape index (κ1) is 21.6. The number of anilines is 2. The predicted molar refractivity (Wildman–Crippen MR) is 128 cm³/mol. The molecular weight excluding hydrogens is 424 g/mol. The zero-order valence-corrected chi connectivity index (χ0v) is 18.9. The van der Waals surface area contributed by atoms with Crippen molar-refractivity contribution < 1.29 is 14.1 Å². The van der Waals surface area contributed by atoms with Crippen LogP contribution in [0.4, 0.5) is 11.5 Å². The predicted octanol–water partition coefficient (Wildman–Crippen LogP) is 4.73. The van der Waals surface area contributed by atoms with Crippen LogP contribution in [0.1, 0.15) is 31.2 Å². The number of rotatable bonds is 6. The first-order valence-corrected chi connectivity index (χ1v) is 10.7. The zero-order valence-electron chi connectivity index (χ0n) is 18.1. The molecule has 1 aromatic heterocycles. The lowest BCUT2D eigenvalue weighted by Crippen LogP contribution is -2.48. The maximum Gasteiger partial charge on any atom is 0.257 e. The highest BCUT2D eigenvalue weighted by molar-refractivity contribution is 7.80. The summed E-state index contributed by atoms with van der Waals surface area (Å²) in [5, 5.41) is 10.6. The molecule has 4 rings (SSSR count). The number of nitrogens with one attached hydrogen (secondary N) is 2. The third-order valence-corrected chi connectivity index (χ3v) is 5.44. The smallest absolute Gasteiger partial charge is 0.257 e. The summed E-state index contributed by atoms with van der Waals surface area (Å²) >= 11 is 5.72. The highest BCUT2D eigenvalue weighted by Gasteiger charge is 2.36. The Bertz CT molecular complexity index is 1170. The van der Waals surface area contributed by atoms with E-state index in [0.717, 1.165) is 11.3 Å². The number of thiocarbonyl (C=S) groups is 1. The third kappa shape index (κ3) is 4.22. The average Bonchev–Trinajstić information content (AvgIpc) is 3.19. The quantitative estimate of drug-likeness (QED) is 0.528. The van der Waals surface area contributed by atoms with Gasteiger partial charge in [-0.05, 0) is 51.2 Å². The number of hydrogen-bond acceptors (Lipinski definition) is 5. The van der Waals surface area contributed by atoms with Gasteiger partial charge in [-0.15, -0.1) is 0 Å². The second kappa shape index (κ2) is 9.23. The molecule has 3 aromatic rings. The summed E-state index contributed by atoms with van der Waals surface area (Å²) in [6.45, 7) is 6.09. The van der Waals surface area contributed by atoms with Crippen LogP contribution < -0.4 is 20.3 Å². The minimum Gasteiger partial charge on any atom is -0.494 e. The molecule has 1 aliphatic heterocycles. The van der Waals surface area contributed by atoms with Gasteiger partial charge in [0.05, 0.1) is 18.2 Å². The lowest BCUT2D eigenvalue weighted by Gasteiger charge is -2.38. The molecule has 0 saturated carbocycles. The van der Waals surface area contributed by atoms with Crippen molar-refractivity contribution in [1.29, 1.82) is 0 Å². The fourth-order valence-corrected chi connectivity index (χ4v) is 4.13. The molecule has 32 heavy (non-hydrogen) atoms. The molecule has 0 saturated heterocycles. The number of carbonyl (C=O) groups is 1. The van der Waals surface area contributed by atoms with Crippen molar-refractivity contribution in [2.75, 3.05) is 16.8 Å². The molecule has 164 valence electrons. The first-order valence-electron chi connectivity index (χ1n) is 10.3. The Hall–Kier alpha value is -3.65. The molecule has 0 radical (unpaired) electrons. The van der Waals surface area contributed by atoms with Gasteiger partial charge in [-0.1, -0.05) is 41.6 Å². The third-order valence-electron chi connectivity index (χ3n) is 5.14. The van der Waals surface area contributed by atoms with Crippen LogP contribution in [0.2, 0.25) is 0 Å². The molecule has 0 bridgehead atoms. The monoisotopic (exact) mass is 448 g/mol. The van der Waals surface area contributed by atoms with Crippen LogP contribution in [-0.4, -0.2) is 22.8 Å². The summed E-state index contributed by atoms with van der Waals surface area (Å²) < 4.78 is 10.9. The molecule has 8 heteroatoms. The fourth-order valence-electron chi connectivity index (χ4n) is 3.77. The van der Waals surface area contributed by atoms with E-state index in [9.17, 15) is 4.79 Å². The lowest BCUT2D eigenvalue weighted by molar-refractivity contribution is -0.113. The highest BCUT2D eigenvalue weighted by Crippen LogP contribution is 2.37. The van der Waals surface area contributed by atoms with Crippen molar-refractivity contribution in [3.63, 3.8) is 0 Å². The van der Waals surface area contributed by atoms with Gasteiger partial charge in [0.2, 0.25) is 0 Å². The van der Waals surface area contributed by atoms with Crippen molar-refractivity contribution in [3.8, 4) is 5.75 Å². The van der Waals surface area contributed by atoms with Gasteiger partial charge in [-0.2, -0.15) is 0 Å². The van der Waals surface area contributed by atoms with Crippen LogP contribution in [0.25, 0.3) is 0 Å². The zero-order chi connectivity index (χ0) is 22.7. The van der Waals surface area contributed by atoms with E-state index in [1.54, 1.807) is 13.0 Å². The molecule has 0 unspecified atom stereocenters. The number of ether oxygens (including phenoxy) is 1. The number of aromatic nitrogens is 1. The van der Waals surface area contributed by atoms with Crippen molar-refractivity contribution >= 4 is 34.7 Å². The van der Waals surface area contributed by atoms with E-state index in [-0.39, 0.29) is 5.91 Å². The number of para-hydroxylation sites is 2. The van der Waals surface area contributed by atoms with Crippen LogP contribution in [0.15, 0.2) is 76.5 Å². The second-order valence-corrected chi connectivity index (χ2v) is 7.69. The van der Waals surface area contributed by atoms with Gasteiger partial charge in [0.15, 0.2) is 10.9 Å². The molecule has 2 aromatic carbocycles. The Kier molecular flexibility index (Phi) is 6.23. The Labute approximate surface area is 192 Å². The molecule has 0 spiro atoms. The van der Waals surface area contributed by atoms with E-state index >= 15 is 0 Å². The number of nitrogens with zero attached hydrogens (tertiary/aromatic N) is 2. The minimum absolute atomic E-state index is 0.303. The van der Waals surface area contributed by atoms with Gasteiger partial charge in [-0.3, -0.25) is 9.69 Å². The topological polar surface area (TPSA) is 79.6 Å². The van der Waals surface area contributed by atoms with E-state index in [2.05, 4.69) is 15.8 Å². The molecule has 7 nitrogen and oxygen atoms in total.